The Hall–Kier alpha value is -3.87. The molecule has 34 heavy (non-hydrogen) atoms. The first-order chi connectivity index (χ1) is 16.6. The Morgan fingerprint density at radius 2 is 1.03 bits per heavy atom. The zero-order valence-corrected chi connectivity index (χ0v) is 18.7. The molecule has 4 heterocycles. The molecule has 0 spiro atoms. The standard InChI is InChI=1S/C27H24N2O5/c30-25(21-13-17-5-7-19(28-9-1-2-10-28)15-23(17)33-26(21)31)22-14-18-6-8-20(29-11-3-4-12-29)16-24(18)34-27(22)32/h5-8,13-16H,1-4,9-12H2. The molecule has 0 N–H and O–H groups in total. The molecule has 2 fully saturated rings. The minimum Gasteiger partial charge on any atom is -0.422 e. The van der Waals surface area contributed by atoms with E-state index in [9.17, 15) is 14.4 Å². The van der Waals surface area contributed by atoms with Gasteiger partial charge in [0.2, 0.25) is 5.78 Å². The van der Waals surface area contributed by atoms with E-state index in [0.717, 1.165) is 63.2 Å². The number of anilines is 2. The van der Waals surface area contributed by atoms with Crippen LogP contribution in [-0.2, 0) is 0 Å². The van der Waals surface area contributed by atoms with Crippen LogP contribution in [0, 0.1) is 0 Å². The number of ketones is 1. The number of carbonyl (C=O) groups excluding carboxylic acids is 1. The number of nitrogens with zero attached hydrogens (tertiary/aromatic N) is 2. The average molecular weight is 456 g/mol. The highest BCUT2D eigenvalue weighted by Crippen LogP contribution is 2.27. The summed E-state index contributed by atoms with van der Waals surface area (Å²) in [5.41, 5.74) is 0.951. The molecule has 2 aliphatic heterocycles. The van der Waals surface area contributed by atoms with Gasteiger partial charge in [-0.25, -0.2) is 9.59 Å². The third-order valence-corrected chi connectivity index (χ3v) is 6.87. The van der Waals surface area contributed by atoms with Gasteiger partial charge >= 0.3 is 11.3 Å². The molecule has 6 rings (SSSR count). The molecule has 2 aromatic carbocycles. The van der Waals surface area contributed by atoms with Gasteiger partial charge in [-0.05, 0) is 62.1 Å². The number of fused-ring (bicyclic) bond motifs is 2. The maximum Gasteiger partial charge on any atom is 0.347 e. The molecular formula is C27H24N2O5. The number of hydrogen-bond donors (Lipinski definition) is 0. The van der Waals surface area contributed by atoms with Crippen molar-refractivity contribution in [2.75, 3.05) is 36.0 Å². The van der Waals surface area contributed by atoms with Gasteiger partial charge in [0.25, 0.3) is 0 Å². The van der Waals surface area contributed by atoms with Crippen LogP contribution in [0.4, 0.5) is 11.4 Å². The summed E-state index contributed by atoms with van der Waals surface area (Å²) >= 11 is 0. The summed E-state index contributed by atoms with van der Waals surface area (Å²) in [5, 5.41) is 1.26. The highest BCUT2D eigenvalue weighted by atomic mass is 16.4. The van der Waals surface area contributed by atoms with E-state index in [4.69, 9.17) is 8.83 Å². The second kappa shape index (κ2) is 8.17. The van der Waals surface area contributed by atoms with Crippen molar-refractivity contribution < 1.29 is 13.6 Å². The van der Waals surface area contributed by atoms with E-state index in [-0.39, 0.29) is 11.1 Å². The Bertz CT molecular complexity index is 1420. The van der Waals surface area contributed by atoms with E-state index in [2.05, 4.69) is 9.80 Å². The third-order valence-electron chi connectivity index (χ3n) is 6.87. The first kappa shape index (κ1) is 20.7. The van der Waals surface area contributed by atoms with Gasteiger partial charge in [-0.2, -0.15) is 0 Å². The van der Waals surface area contributed by atoms with Crippen molar-refractivity contribution in [3.05, 3.63) is 80.5 Å². The zero-order valence-electron chi connectivity index (χ0n) is 18.7. The Morgan fingerprint density at radius 1 is 0.618 bits per heavy atom. The van der Waals surface area contributed by atoms with Gasteiger partial charge < -0.3 is 18.6 Å². The quantitative estimate of drug-likeness (QED) is 0.334. The fourth-order valence-corrected chi connectivity index (χ4v) is 5.01. The summed E-state index contributed by atoms with van der Waals surface area (Å²) in [5.74, 6) is -0.696. The lowest BCUT2D eigenvalue weighted by molar-refractivity contribution is 0.103. The Balaban J connectivity index is 1.36. The topological polar surface area (TPSA) is 84.0 Å². The lowest BCUT2D eigenvalue weighted by Gasteiger charge is -2.17. The first-order valence-corrected chi connectivity index (χ1v) is 11.8. The van der Waals surface area contributed by atoms with Gasteiger partial charge in [-0.1, -0.05) is 0 Å². The van der Waals surface area contributed by atoms with Gasteiger partial charge in [-0.3, -0.25) is 4.79 Å². The monoisotopic (exact) mass is 456 g/mol. The van der Waals surface area contributed by atoms with Crippen molar-refractivity contribution in [3.8, 4) is 0 Å². The minimum absolute atomic E-state index is 0.179. The SMILES string of the molecule is O=C(c1cc2ccc(N3CCCC3)cc2oc1=O)c1cc2ccc(N3CCCC3)cc2oc1=O. The van der Waals surface area contributed by atoms with Crippen LogP contribution in [0.5, 0.6) is 0 Å². The van der Waals surface area contributed by atoms with Crippen molar-refractivity contribution in [2.24, 2.45) is 0 Å². The van der Waals surface area contributed by atoms with Gasteiger partial charge in [0, 0.05) is 60.5 Å². The van der Waals surface area contributed by atoms with E-state index in [1.165, 1.54) is 12.1 Å². The molecule has 7 nitrogen and oxygen atoms in total. The zero-order chi connectivity index (χ0) is 23.2. The van der Waals surface area contributed by atoms with E-state index >= 15 is 0 Å². The lowest BCUT2D eigenvalue weighted by Crippen LogP contribution is -2.21. The molecule has 2 aliphatic rings. The fraction of sp³-hybridized carbons (Fsp3) is 0.296. The van der Waals surface area contributed by atoms with E-state index < -0.39 is 17.0 Å². The van der Waals surface area contributed by atoms with E-state index in [0.29, 0.717) is 21.9 Å². The van der Waals surface area contributed by atoms with Crippen LogP contribution in [0.2, 0.25) is 0 Å². The van der Waals surface area contributed by atoms with Crippen molar-refractivity contribution in [3.63, 3.8) is 0 Å². The highest BCUT2D eigenvalue weighted by molar-refractivity contribution is 6.10. The number of hydrogen-bond acceptors (Lipinski definition) is 7. The van der Waals surface area contributed by atoms with Crippen molar-refractivity contribution >= 4 is 39.1 Å². The minimum atomic E-state index is -0.764. The largest absolute Gasteiger partial charge is 0.422 e. The highest BCUT2D eigenvalue weighted by Gasteiger charge is 2.22. The summed E-state index contributed by atoms with van der Waals surface area (Å²) in [7, 11) is 0. The van der Waals surface area contributed by atoms with Crippen LogP contribution in [0.15, 0.2) is 67.0 Å². The molecule has 0 radical (unpaired) electrons. The summed E-state index contributed by atoms with van der Waals surface area (Å²) < 4.78 is 11.0. The Labute approximate surface area is 195 Å². The van der Waals surface area contributed by atoms with Crippen LogP contribution in [0.25, 0.3) is 21.9 Å². The van der Waals surface area contributed by atoms with Crippen LogP contribution < -0.4 is 21.1 Å². The third kappa shape index (κ3) is 3.57. The van der Waals surface area contributed by atoms with Crippen molar-refractivity contribution in [1.82, 2.24) is 0 Å². The van der Waals surface area contributed by atoms with Gasteiger partial charge in [0.15, 0.2) is 0 Å². The Morgan fingerprint density at radius 3 is 1.44 bits per heavy atom. The van der Waals surface area contributed by atoms with Crippen molar-refractivity contribution in [1.29, 1.82) is 0 Å². The lowest BCUT2D eigenvalue weighted by atomic mass is 10.0. The first-order valence-electron chi connectivity index (χ1n) is 11.8. The number of carbonyl (C=O) groups is 1. The molecule has 172 valence electrons. The van der Waals surface area contributed by atoms with Gasteiger partial charge in [0.05, 0.1) is 0 Å². The molecule has 0 saturated carbocycles. The summed E-state index contributed by atoms with van der Waals surface area (Å²) in [6.45, 7) is 3.90. The fourth-order valence-electron chi connectivity index (χ4n) is 5.01. The second-order valence-electron chi connectivity index (χ2n) is 9.06. The molecule has 0 amide bonds. The van der Waals surface area contributed by atoms with E-state index in [1.54, 1.807) is 0 Å². The number of rotatable bonds is 4. The number of benzene rings is 2. The predicted octanol–water partition coefficient (Wildman–Crippen LogP) is 4.33. The maximum atomic E-state index is 13.2. The average Bonchev–Trinajstić information content (AvgIpc) is 3.57. The predicted molar refractivity (Wildman–Crippen MR) is 131 cm³/mol. The van der Waals surface area contributed by atoms with Crippen LogP contribution in [0.3, 0.4) is 0 Å². The molecule has 2 aromatic heterocycles. The molecule has 0 atom stereocenters. The summed E-state index contributed by atoms with van der Waals surface area (Å²) in [6.07, 6.45) is 4.57. The van der Waals surface area contributed by atoms with Crippen LogP contribution in [0.1, 0.15) is 41.6 Å². The molecule has 0 aliphatic carbocycles. The molecule has 0 bridgehead atoms. The smallest absolute Gasteiger partial charge is 0.347 e. The normalized spacial score (nSPS) is 16.1. The maximum absolute atomic E-state index is 13.2. The van der Waals surface area contributed by atoms with Crippen molar-refractivity contribution in [2.45, 2.75) is 25.7 Å². The summed E-state index contributed by atoms with van der Waals surface area (Å²) in [6, 6.07) is 14.3. The molecular weight excluding hydrogens is 432 g/mol. The second-order valence-corrected chi connectivity index (χ2v) is 9.06. The van der Waals surface area contributed by atoms with E-state index in [1.807, 2.05) is 36.4 Å². The summed E-state index contributed by atoms with van der Waals surface area (Å²) in [4.78, 5) is 43.1. The molecule has 7 heteroatoms. The van der Waals surface area contributed by atoms with Gasteiger partial charge in [0.1, 0.15) is 22.3 Å². The molecule has 0 unspecified atom stereocenters. The van der Waals surface area contributed by atoms with Gasteiger partial charge in [-0.15, -0.1) is 0 Å². The molecule has 4 aromatic rings. The van der Waals surface area contributed by atoms with Crippen LogP contribution in [-0.4, -0.2) is 32.0 Å². The van der Waals surface area contributed by atoms with Crippen LogP contribution >= 0.6 is 0 Å². The molecule has 2 saturated heterocycles. The Kier molecular flexibility index (Phi) is 4.98.